The molecule has 24 heavy (non-hydrogen) atoms. The van der Waals surface area contributed by atoms with Crippen LogP contribution in [-0.2, 0) is 21.2 Å². The highest BCUT2D eigenvalue weighted by Crippen LogP contribution is 2.24. The number of fused-ring (bicyclic) bond motifs is 1. The van der Waals surface area contributed by atoms with Gasteiger partial charge in [0.25, 0.3) is 6.47 Å². The molecule has 0 aliphatic carbocycles. The number of nitrogen functional groups attached to an aromatic ring is 1. The zero-order chi connectivity index (χ0) is 17.3. The summed E-state index contributed by atoms with van der Waals surface area (Å²) >= 11 is 0. The number of imidazole rings is 1. The van der Waals surface area contributed by atoms with E-state index in [2.05, 4.69) is 4.98 Å². The third-order valence-corrected chi connectivity index (χ3v) is 4.75. The highest BCUT2D eigenvalue weighted by atomic mass is 32.2. The van der Waals surface area contributed by atoms with Gasteiger partial charge in [0, 0.05) is 12.3 Å². The molecule has 0 aliphatic rings. The summed E-state index contributed by atoms with van der Waals surface area (Å²) in [6, 6.07) is 11.7. The van der Waals surface area contributed by atoms with Gasteiger partial charge in [-0.15, -0.1) is 0 Å². The summed E-state index contributed by atoms with van der Waals surface area (Å²) < 4.78 is 29.6. The molecule has 2 aromatic carbocycles. The number of aromatic nitrogens is 2. The SMILES string of the molecule is CS(=O)(=O)c1ccc(Cn2c(N)nc3cc(OC=O)ccc32)cc1. The molecular weight excluding hydrogens is 330 g/mol. The second-order valence-corrected chi connectivity index (χ2v) is 7.35. The summed E-state index contributed by atoms with van der Waals surface area (Å²) in [5, 5.41) is 0. The molecule has 0 saturated carbocycles. The van der Waals surface area contributed by atoms with Gasteiger partial charge < -0.3 is 15.0 Å². The van der Waals surface area contributed by atoms with Crippen molar-refractivity contribution in [2.45, 2.75) is 11.4 Å². The minimum Gasteiger partial charge on any atom is -0.429 e. The average molecular weight is 345 g/mol. The minimum absolute atomic E-state index is 0.269. The summed E-state index contributed by atoms with van der Waals surface area (Å²) in [5.41, 5.74) is 8.26. The molecular formula is C16H15N3O4S. The van der Waals surface area contributed by atoms with Crippen molar-refractivity contribution in [3.8, 4) is 5.75 Å². The Kier molecular flexibility index (Phi) is 3.98. The van der Waals surface area contributed by atoms with Gasteiger partial charge in [-0.25, -0.2) is 13.4 Å². The van der Waals surface area contributed by atoms with E-state index in [0.717, 1.165) is 11.1 Å². The van der Waals surface area contributed by atoms with E-state index in [-0.39, 0.29) is 4.90 Å². The lowest BCUT2D eigenvalue weighted by Gasteiger charge is -2.08. The van der Waals surface area contributed by atoms with Crippen LogP contribution < -0.4 is 10.5 Å². The Hall–Kier alpha value is -2.87. The Bertz CT molecular complexity index is 1010. The number of benzene rings is 2. The molecule has 3 aromatic rings. The molecule has 7 nitrogen and oxygen atoms in total. The number of ether oxygens (including phenoxy) is 1. The Morgan fingerprint density at radius 3 is 2.54 bits per heavy atom. The molecule has 0 aliphatic heterocycles. The van der Waals surface area contributed by atoms with Crippen molar-refractivity contribution in [2.75, 3.05) is 12.0 Å². The Morgan fingerprint density at radius 2 is 1.92 bits per heavy atom. The smallest absolute Gasteiger partial charge is 0.298 e. The van der Waals surface area contributed by atoms with Crippen LogP contribution in [0.2, 0.25) is 0 Å². The summed E-state index contributed by atoms with van der Waals surface area (Å²) in [6.45, 7) is 0.797. The van der Waals surface area contributed by atoms with Crippen molar-refractivity contribution in [2.24, 2.45) is 0 Å². The number of carbonyl (C=O) groups excluding carboxylic acids is 1. The van der Waals surface area contributed by atoms with E-state index in [4.69, 9.17) is 10.5 Å². The number of hydrogen-bond acceptors (Lipinski definition) is 6. The number of hydrogen-bond donors (Lipinski definition) is 1. The lowest BCUT2D eigenvalue weighted by molar-refractivity contribution is -0.120. The molecule has 0 amide bonds. The molecule has 0 atom stereocenters. The van der Waals surface area contributed by atoms with Crippen molar-refractivity contribution in [1.29, 1.82) is 0 Å². The van der Waals surface area contributed by atoms with Crippen molar-refractivity contribution in [3.63, 3.8) is 0 Å². The number of carbonyl (C=O) groups is 1. The van der Waals surface area contributed by atoms with Gasteiger partial charge in [-0.05, 0) is 29.8 Å². The highest BCUT2D eigenvalue weighted by Gasteiger charge is 2.11. The van der Waals surface area contributed by atoms with Gasteiger partial charge in [-0.1, -0.05) is 12.1 Å². The number of rotatable bonds is 5. The molecule has 3 rings (SSSR count). The van der Waals surface area contributed by atoms with E-state index in [9.17, 15) is 13.2 Å². The maximum atomic E-state index is 11.5. The maximum Gasteiger partial charge on any atom is 0.298 e. The molecule has 1 aromatic heterocycles. The van der Waals surface area contributed by atoms with Crippen LogP contribution in [0.3, 0.4) is 0 Å². The fourth-order valence-corrected chi connectivity index (χ4v) is 3.08. The maximum absolute atomic E-state index is 11.5. The van der Waals surface area contributed by atoms with Crippen molar-refractivity contribution in [3.05, 3.63) is 48.0 Å². The normalized spacial score (nSPS) is 11.5. The van der Waals surface area contributed by atoms with E-state index < -0.39 is 9.84 Å². The number of nitrogens with two attached hydrogens (primary N) is 1. The lowest BCUT2D eigenvalue weighted by atomic mass is 10.2. The van der Waals surface area contributed by atoms with Gasteiger partial charge >= 0.3 is 0 Å². The Balaban J connectivity index is 1.95. The van der Waals surface area contributed by atoms with Crippen LogP contribution in [0.25, 0.3) is 11.0 Å². The highest BCUT2D eigenvalue weighted by molar-refractivity contribution is 7.90. The molecule has 0 spiro atoms. The van der Waals surface area contributed by atoms with Gasteiger partial charge in [0.2, 0.25) is 5.95 Å². The molecule has 0 bridgehead atoms. The standard InChI is InChI=1S/C16H15N3O4S/c1-24(21,22)13-5-2-11(3-6-13)9-19-15-7-4-12(23-10-20)8-14(15)18-16(19)17/h2-8,10H,9H2,1H3,(H2,17,18). The largest absolute Gasteiger partial charge is 0.429 e. The molecule has 2 N–H and O–H groups in total. The molecule has 0 fully saturated rings. The summed E-state index contributed by atoms with van der Waals surface area (Å²) in [7, 11) is -3.22. The first-order valence-corrected chi connectivity index (χ1v) is 8.92. The zero-order valence-corrected chi connectivity index (χ0v) is 13.7. The van der Waals surface area contributed by atoms with Gasteiger partial charge in [-0.3, -0.25) is 4.79 Å². The van der Waals surface area contributed by atoms with E-state index in [1.165, 1.54) is 6.26 Å². The first kappa shape index (κ1) is 16.0. The van der Waals surface area contributed by atoms with Crippen LogP contribution in [0.1, 0.15) is 5.56 Å². The monoisotopic (exact) mass is 345 g/mol. The summed E-state index contributed by atoms with van der Waals surface area (Å²) in [5.74, 6) is 0.708. The first-order valence-electron chi connectivity index (χ1n) is 7.03. The quantitative estimate of drug-likeness (QED) is 0.704. The second-order valence-electron chi connectivity index (χ2n) is 5.34. The van der Waals surface area contributed by atoms with Crippen LogP contribution in [0, 0.1) is 0 Å². The summed E-state index contributed by atoms with van der Waals surface area (Å²) in [4.78, 5) is 14.9. The average Bonchev–Trinajstić information content (AvgIpc) is 2.83. The predicted molar refractivity (Wildman–Crippen MR) is 89.5 cm³/mol. The molecule has 0 unspecified atom stereocenters. The Labute approximate surface area is 138 Å². The van der Waals surface area contributed by atoms with Crippen LogP contribution in [0.15, 0.2) is 47.4 Å². The topological polar surface area (TPSA) is 104 Å². The van der Waals surface area contributed by atoms with Gasteiger partial charge in [0.15, 0.2) is 9.84 Å². The van der Waals surface area contributed by atoms with Crippen molar-refractivity contribution in [1.82, 2.24) is 9.55 Å². The van der Waals surface area contributed by atoms with E-state index in [1.807, 2.05) is 0 Å². The fourth-order valence-electron chi connectivity index (χ4n) is 2.45. The van der Waals surface area contributed by atoms with Gasteiger partial charge in [0.05, 0.1) is 22.5 Å². The molecule has 0 radical (unpaired) electrons. The first-order chi connectivity index (χ1) is 11.4. The van der Waals surface area contributed by atoms with E-state index in [0.29, 0.717) is 30.2 Å². The number of nitrogens with zero attached hydrogens (tertiary/aromatic N) is 2. The van der Waals surface area contributed by atoms with E-state index >= 15 is 0 Å². The number of anilines is 1. The molecule has 8 heteroatoms. The van der Waals surface area contributed by atoms with Crippen LogP contribution in [0.5, 0.6) is 5.75 Å². The van der Waals surface area contributed by atoms with Crippen LogP contribution in [0.4, 0.5) is 5.95 Å². The van der Waals surface area contributed by atoms with Gasteiger partial charge in [-0.2, -0.15) is 0 Å². The minimum atomic E-state index is -3.22. The fraction of sp³-hybridized carbons (Fsp3) is 0.125. The van der Waals surface area contributed by atoms with Gasteiger partial charge in [0.1, 0.15) is 5.75 Å². The summed E-state index contributed by atoms with van der Waals surface area (Å²) in [6.07, 6.45) is 1.17. The molecule has 0 saturated heterocycles. The Morgan fingerprint density at radius 1 is 1.21 bits per heavy atom. The van der Waals surface area contributed by atoms with Crippen molar-refractivity contribution < 1.29 is 17.9 Å². The molecule has 124 valence electrons. The van der Waals surface area contributed by atoms with Crippen LogP contribution in [-0.4, -0.2) is 30.7 Å². The zero-order valence-electron chi connectivity index (χ0n) is 12.8. The second kappa shape index (κ2) is 5.97. The third kappa shape index (κ3) is 3.09. The predicted octanol–water partition coefficient (Wildman–Crippen LogP) is 1.61. The van der Waals surface area contributed by atoms with Crippen LogP contribution >= 0.6 is 0 Å². The van der Waals surface area contributed by atoms with Crippen molar-refractivity contribution >= 4 is 33.3 Å². The lowest BCUT2D eigenvalue weighted by Crippen LogP contribution is -2.05. The van der Waals surface area contributed by atoms with E-state index in [1.54, 1.807) is 47.0 Å². The molecule has 1 heterocycles. The third-order valence-electron chi connectivity index (χ3n) is 3.63. The number of sulfone groups is 1.